The number of carbonyl (C=O) groups is 1. The van der Waals surface area contributed by atoms with Crippen molar-refractivity contribution in [3.8, 4) is 0 Å². The summed E-state index contributed by atoms with van der Waals surface area (Å²) in [5.74, 6) is 1.35. The van der Waals surface area contributed by atoms with Gasteiger partial charge in [0.05, 0.1) is 12.8 Å². The third-order valence-electron chi connectivity index (χ3n) is 3.03. The van der Waals surface area contributed by atoms with Gasteiger partial charge in [-0.1, -0.05) is 13.8 Å². The lowest BCUT2D eigenvalue weighted by atomic mass is 10.1. The summed E-state index contributed by atoms with van der Waals surface area (Å²) in [5, 5.41) is 0. The molecule has 100 valence electrons. The van der Waals surface area contributed by atoms with E-state index in [1.54, 1.807) is 6.26 Å². The average Bonchev–Trinajstić information content (AvgIpc) is 2.99. The summed E-state index contributed by atoms with van der Waals surface area (Å²) in [6.45, 7) is 6.19. The summed E-state index contributed by atoms with van der Waals surface area (Å²) in [5.41, 5.74) is 0. The monoisotopic (exact) mass is 251 g/mol. The lowest BCUT2D eigenvalue weighted by Gasteiger charge is -2.26. The van der Waals surface area contributed by atoms with Gasteiger partial charge < -0.3 is 14.1 Å². The van der Waals surface area contributed by atoms with E-state index in [2.05, 4.69) is 13.8 Å². The van der Waals surface area contributed by atoms with Gasteiger partial charge in [-0.3, -0.25) is 4.79 Å². The fraction of sp³-hybridized carbons (Fsp3) is 0.643. The zero-order valence-electron chi connectivity index (χ0n) is 11.1. The first kappa shape index (κ1) is 13.1. The number of furan rings is 1. The fourth-order valence-corrected chi connectivity index (χ4v) is 2.24. The van der Waals surface area contributed by atoms with Gasteiger partial charge in [0.25, 0.3) is 5.91 Å². The predicted molar refractivity (Wildman–Crippen MR) is 67.9 cm³/mol. The van der Waals surface area contributed by atoms with Crippen molar-refractivity contribution in [2.45, 2.75) is 39.3 Å². The largest absolute Gasteiger partial charge is 0.467 e. The Labute approximate surface area is 108 Å². The highest BCUT2D eigenvalue weighted by Gasteiger charge is 2.28. The molecule has 4 heteroatoms. The van der Waals surface area contributed by atoms with Crippen LogP contribution in [0, 0.1) is 5.92 Å². The van der Waals surface area contributed by atoms with Crippen molar-refractivity contribution in [2.75, 3.05) is 13.2 Å². The van der Waals surface area contributed by atoms with Crippen LogP contribution in [-0.2, 0) is 16.1 Å². The highest BCUT2D eigenvalue weighted by Crippen LogP contribution is 2.17. The van der Waals surface area contributed by atoms with E-state index in [0.29, 0.717) is 19.1 Å². The van der Waals surface area contributed by atoms with Crippen molar-refractivity contribution in [2.24, 2.45) is 5.92 Å². The van der Waals surface area contributed by atoms with Crippen molar-refractivity contribution in [3.05, 3.63) is 24.2 Å². The minimum Gasteiger partial charge on any atom is -0.467 e. The molecule has 1 saturated heterocycles. The summed E-state index contributed by atoms with van der Waals surface area (Å²) in [6, 6.07) is 3.75. The summed E-state index contributed by atoms with van der Waals surface area (Å²) in [4.78, 5) is 14.2. The summed E-state index contributed by atoms with van der Waals surface area (Å²) < 4.78 is 10.8. The Bertz CT molecular complexity index is 366. The molecule has 0 aromatic carbocycles. The van der Waals surface area contributed by atoms with Gasteiger partial charge in [0, 0.05) is 13.2 Å². The molecule has 1 aromatic rings. The predicted octanol–water partition coefficient (Wildman–Crippen LogP) is 2.44. The SMILES string of the molecule is CC(C)CN(Cc1ccco1)C(=O)C1CCCO1. The van der Waals surface area contributed by atoms with Crippen molar-refractivity contribution < 1.29 is 13.9 Å². The highest BCUT2D eigenvalue weighted by molar-refractivity contribution is 5.81. The van der Waals surface area contributed by atoms with Gasteiger partial charge in [0.1, 0.15) is 11.9 Å². The molecule has 0 N–H and O–H groups in total. The first-order valence-electron chi connectivity index (χ1n) is 6.59. The van der Waals surface area contributed by atoms with Gasteiger partial charge in [-0.2, -0.15) is 0 Å². The summed E-state index contributed by atoms with van der Waals surface area (Å²) in [7, 11) is 0. The van der Waals surface area contributed by atoms with Crippen molar-refractivity contribution >= 4 is 5.91 Å². The second-order valence-corrected chi connectivity index (χ2v) is 5.19. The van der Waals surface area contributed by atoms with Crippen LogP contribution in [-0.4, -0.2) is 30.1 Å². The molecule has 4 nitrogen and oxygen atoms in total. The molecule has 0 aliphatic carbocycles. The van der Waals surface area contributed by atoms with Gasteiger partial charge in [-0.25, -0.2) is 0 Å². The van der Waals surface area contributed by atoms with E-state index in [0.717, 1.165) is 25.1 Å². The zero-order chi connectivity index (χ0) is 13.0. The molecule has 1 aliphatic heterocycles. The number of amides is 1. The molecular formula is C14H21NO3. The van der Waals surface area contributed by atoms with Crippen LogP contribution in [0.2, 0.25) is 0 Å². The van der Waals surface area contributed by atoms with E-state index in [1.807, 2.05) is 17.0 Å². The van der Waals surface area contributed by atoms with Crippen LogP contribution in [0.5, 0.6) is 0 Å². The molecule has 0 spiro atoms. The smallest absolute Gasteiger partial charge is 0.252 e. The Balaban J connectivity index is 2.01. The number of ether oxygens (including phenoxy) is 1. The lowest BCUT2D eigenvalue weighted by Crippen LogP contribution is -2.40. The Morgan fingerprint density at radius 1 is 1.56 bits per heavy atom. The summed E-state index contributed by atoms with van der Waals surface area (Å²) in [6.07, 6.45) is 3.20. The van der Waals surface area contributed by atoms with Gasteiger partial charge >= 0.3 is 0 Å². The molecule has 2 rings (SSSR count). The normalized spacial score (nSPS) is 19.4. The Kier molecular flexibility index (Phi) is 4.42. The van der Waals surface area contributed by atoms with Gasteiger partial charge in [-0.05, 0) is 30.9 Å². The standard InChI is InChI=1S/C14H21NO3/c1-11(2)9-15(10-12-5-3-7-17-12)14(16)13-6-4-8-18-13/h3,5,7,11,13H,4,6,8-10H2,1-2H3. The number of carbonyl (C=O) groups excluding carboxylic acids is 1. The van der Waals surface area contributed by atoms with Gasteiger partial charge in [0.2, 0.25) is 0 Å². The first-order valence-corrected chi connectivity index (χ1v) is 6.59. The maximum absolute atomic E-state index is 12.4. The molecule has 18 heavy (non-hydrogen) atoms. The van der Waals surface area contributed by atoms with Crippen LogP contribution in [0.3, 0.4) is 0 Å². The first-order chi connectivity index (χ1) is 8.66. The second-order valence-electron chi connectivity index (χ2n) is 5.19. The number of hydrogen-bond acceptors (Lipinski definition) is 3. The maximum Gasteiger partial charge on any atom is 0.252 e. The molecule has 0 bridgehead atoms. The molecule has 1 unspecified atom stereocenters. The Morgan fingerprint density at radius 3 is 2.94 bits per heavy atom. The van der Waals surface area contributed by atoms with Crippen LogP contribution < -0.4 is 0 Å². The average molecular weight is 251 g/mol. The maximum atomic E-state index is 12.4. The van der Waals surface area contributed by atoms with Crippen LogP contribution >= 0.6 is 0 Å². The third-order valence-corrected chi connectivity index (χ3v) is 3.03. The fourth-order valence-electron chi connectivity index (χ4n) is 2.24. The number of nitrogens with zero attached hydrogens (tertiary/aromatic N) is 1. The van der Waals surface area contributed by atoms with Crippen molar-refractivity contribution in [1.29, 1.82) is 0 Å². The molecule has 1 aromatic heterocycles. The minimum atomic E-state index is -0.251. The van der Waals surface area contributed by atoms with E-state index < -0.39 is 0 Å². The zero-order valence-corrected chi connectivity index (χ0v) is 11.1. The highest BCUT2D eigenvalue weighted by atomic mass is 16.5. The van der Waals surface area contributed by atoms with Crippen LogP contribution in [0.4, 0.5) is 0 Å². The van der Waals surface area contributed by atoms with Crippen LogP contribution in [0.25, 0.3) is 0 Å². The molecule has 0 saturated carbocycles. The molecule has 0 radical (unpaired) electrons. The summed E-state index contributed by atoms with van der Waals surface area (Å²) >= 11 is 0. The lowest BCUT2D eigenvalue weighted by molar-refractivity contribution is -0.142. The van der Waals surface area contributed by atoms with Crippen molar-refractivity contribution in [3.63, 3.8) is 0 Å². The molecule has 1 fully saturated rings. The molecular weight excluding hydrogens is 230 g/mol. The Hall–Kier alpha value is -1.29. The minimum absolute atomic E-state index is 0.0950. The van der Waals surface area contributed by atoms with E-state index in [1.165, 1.54) is 0 Å². The molecule has 1 atom stereocenters. The van der Waals surface area contributed by atoms with Gasteiger partial charge in [-0.15, -0.1) is 0 Å². The van der Waals surface area contributed by atoms with E-state index >= 15 is 0 Å². The van der Waals surface area contributed by atoms with E-state index in [-0.39, 0.29) is 12.0 Å². The second kappa shape index (κ2) is 6.05. The van der Waals surface area contributed by atoms with E-state index in [9.17, 15) is 4.79 Å². The molecule has 1 aliphatic rings. The topological polar surface area (TPSA) is 42.7 Å². The van der Waals surface area contributed by atoms with Crippen LogP contribution in [0.1, 0.15) is 32.4 Å². The van der Waals surface area contributed by atoms with Gasteiger partial charge in [0.15, 0.2) is 0 Å². The third kappa shape index (κ3) is 3.35. The van der Waals surface area contributed by atoms with E-state index in [4.69, 9.17) is 9.15 Å². The van der Waals surface area contributed by atoms with Crippen LogP contribution in [0.15, 0.2) is 22.8 Å². The Morgan fingerprint density at radius 2 is 2.39 bits per heavy atom. The number of rotatable bonds is 5. The van der Waals surface area contributed by atoms with Crippen molar-refractivity contribution in [1.82, 2.24) is 4.90 Å². The number of hydrogen-bond donors (Lipinski definition) is 0. The molecule has 1 amide bonds. The molecule has 2 heterocycles. The quantitative estimate of drug-likeness (QED) is 0.807.